The molecule has 2 aromatic rings. The molecule has 0 aliphatic rings. The van der Waals surface area contributed by atoms with E-state index in [0.29, 0.717) is 5.39 Å². The van der Waals surface area contributed by atoms with Crippen LogP contribution in [-0.4, -0.2) is 28.5 Å². The van der Waals surface area contributed by atoms with Crippen molar-refractivity contribution in [3.8, 4) is 0 Å². The Morgan fingerprint density at radius 2 is 1.76 bits per heavy atom. The standard InChI is InChI=1S/C17H22N2O2/c1-3-10-18(11-4-2)16(20)13-19-12-9-14-7-5-6-8-15(14)17(19)21/h5-9,12H,3-4,10-11,13H2,1-2H3. The summed E-state index contributed by atoms with van der Waals surface area (Å²) in [6, 6.07) is 9.34. The van der Waals surface area contributed by atoms with Gasteiger partial charge in [0.15, 0.2) is 0 Å². The largest absolute Gasteiger partial charge is 0.341 e. The third kappa shape index (κ3) is 3.51. The Morgan fingerprint density at radius 3 is 2.43 bits per heavy atom. The maximum atomic E-state index is 12.4. The molecule has 0 bridgehead atoms. The van der Waals surface area contributed by atoms with Crippen molar-refractivity contribution in [2.24, 2.45) is 0 Å². The van der Waals surface area contributed by atoms with Gasteiger partial charge in [-0.1, -0.05) is 32.0 Å². The van der Waals surface area contributed by atoms with Gasteiger partial charge in [-0.05, 0) is 30.4 Å². The summed E-state index contributed by atoms with van der Waals surface area (Å²) >= 11 is 0. The SMILES string of the molecule is CCCN(CCC)C(=O)Cn1ccc2ccccc2c1=O. The Hall–Kier alpha value is -2.10. The number of fused-ring (bicyclic) bond motifs is 1. The lowest BCUT2D eigenvalue weighted by molar-refractivity contribution is -0.132. The zero-order valence-electron chi connectivity index (χ0n) is 12.7. The van der Waals surface area contributed by atoms with E-state index < -0.39 is 0 Å². The molecule has 2 rings (SSSR count). The first-order chi connectivity index (χ1) is 10.2. The van der Waals surface area contributed by atoms with E-state index in [1.54, 1.807) is 12.3 Å². The lowest BCUT2D eigenvalue weighted by Gasteiger charge is -2.22. The van der Waals surface area contributed by atoms with E-state index in [-0.39, 0.29) is 18.0 Å². The van der Waals surface area contributed by atoms with Gasteiger partial charge < -0.3 is 9.47 Å². The van der Waals surface area contributed by atoms with Crippen molar-refractivity contribution in [2.75, 3.05) is 13.1 Å². The van der Waals surface area contributed by atoms with Gasteiger partial charge in [-0.15, -0.1) is 0 Å². The fourth-order valence-corrected chi connectivity index (χ4v) is 2.50. The Bertz CT molecular complexity index is 670. The van der Waals surface area contributed by atoms with E-state index in [2.05, 4.69) is 13.8 Å². The van der Waals surface area contributed by atoms with E-state index >= 15 is 0 Å². The molecule has 0 aliphatic carbocycles. The monoisotopic (exact) mass is 286 g/mol. The molecule has 1 aromatic heterocycles. The Kier molecular flexibility index (Phi) is 5.14. The van der Waals surface area contributed by atoms with E-state index in [4.69, 9.17) is 0 Å². The number of hydrogen-bond donors (Lipinski definition) is 0. The molecule has 0 fully saturated rings. The molecular weight excluding hydrogens is 264 g/mol. The molecule has 1 aromatic carbocycles. The highest BCUT2D eigenvalue weighted by molar-refractivity contribution is 5.82. The molecule has 112 valence electrons. The number of hydrogen-bond acceptors (Lipinski definition) is 2. The summed E-state index contributed by atoms with van der Waals surface area (Å²) in [4.78, 5) is 26.6. The van der Waals surface area contributed by atoms with Crippen LogP contribution in [0.15, 0.2) is 41.3 Å². The quantitative estimate of drug-likeness (QED) is 0.819. The van der Waals surface area contributed by atoms with Gasteiger partial charge in [0.1, 0.15) is 6.54 Å². The molecule has 0 aliphatic heterocycles. The topological polar surface area (TPSA) is 42.3 Å². The van der Waals surface area contributed by atoms with Crippen molar-refractivity contribution in [1.29, 1.82) is 0 Å². The van der Waals surface area contributed by atoms with Gasteiger partial charge in [-0.3, -0.25) is 9.59 Å². The molecule has 0 saturated carbocycles. The summed E-state index contributed by atoms with van der Waals surface area (Å²) in [5.74, 6) is 0.0103. The van der Waals surface area contributed by atoms with E-state index in [9.17, 15) is 9.59 Å². The van der Waals surface area contributed by atoms with E-state index in [1.165, 1.54) is 4.57 Å². The van der Waals surface area contributed by atoms with E-state index in [0.717, 1.165) is 31.3 Å². The number of nitrogens with zero attached hydrogens (tertiary/aromatic N) is 2. The third-order valence-corrected chi connectivity index (χ3v) is 3.53. The van der Waals surface area contributed by atoms with Crippen molar-refractivity contribution >= 4 is 16.7 Å². The summed E-state index contributed by atoms with van der Waals surface area (Å²) in [6.07, 6.45) is 3.56. The second kappa shape index (κ2) is 7.07. The average Bonchev–Trinajstić information content (AvgIpc) is 2.50. The molecule has 0 radical (unpaired) electrons. The Balaban J connectivity index is 2.24. The van der Waals surface area contributed by atoms with Gasteiger partial charge in [0.25, 0.3) is 5.56 Å². The highest BCUT2D eigenvalue weighted by Crippen LogP contribution is 2.08. The number of benzene rings is 1. The second-order valence-corrected chi connectivity index (χ2v) is 5.22. The normalized spacial score (nSPS) is 10.8. The van der Waals surface area contributed by atoms with E-state index in [1.807, 2.05) is 29.2 Å². The predicted molar refractivity (Wildman–Crippen MR) is 85.4 cm³/mol. The van der Waals surface area contributed by atoms with Crippen LogP contribution in [0.3, 0.4) is 0 Å². The lowest BCUT2D eigenvalue weighted by atomic mass is 10.2. The van der Waals surface area contributed by atoms with Crippen LogP contribution in [0.5, 0.6) is 0 Å². The fourth-order valence-electron chi connectivity index (χ4n) is 2.50. The second-order valence-electron chi connectivity index (χ2n) is 5.22. The lowest BCUT2D eigenvalue weighted by Crippen LogP contribution is -2.37. The number of carbonyl (C=O) groups excluding carboxylic acids is 1. The van der Waals surface area contributed by atoms with Crippen molar-refractivity contribution < 1.29 is 4.79 Å². The van der Waals surface area contributed by atoms with Crippen molar-refractivity contribution in [3.63, 3.8) is 0 Å². The summed E-state index contributed by atoms with van der Waals surface area (Å²) in [6.45, 7) is 5.71. The van der Waals surface area contributed by atoms with Crippen molar-refractivity contribution in [2.45, 2.75) is 33.2 Å². The summed E-state index contributed by atoms with van der Waals surface area (Å²) in [5.41, 5.74) is -0.102. The minimum Gasteiger partial charge on any atom is -0.341 e. The van der Waals surface area contributed by atoms with Crippen LogP contribution in [0.4, 0.5) is 0 Å². The molecule has 0 atom stereocenters. The highest BCUT2D eigenvalue weighted by atomic mass is 16.2. The Labute approximate surface area is 125 Å². The molecule has 21 heavy (non-hydrogen) atoms. The Morgan fingerprint density at radius 1 is 1.10 bits per heavy atom. The molecule has 0 saturated heterocycles. The first kappa shape index (κ1) is 15.3. The van der Waals surface area contributed by atoms with Crippen LogP contribution in [0.2, 0.25) is 0 Å². The van der Waals surface area contributed by atoms with Crippen LogP contribution < -0.4 is 5.56 Å². The number of rotatable bonds is 6. The fraction of sp³-hybridized carbons (Fsp3) is 0.412. The third-order valence-electron chi connectivity index (χ3n) is 3.53. The first-order valence-corrected chi connectivity index (χ1v) is 7.53. The van der Waals surface area contributed by atoms with Crippen molar-refractivity contribution in [3.05, 3.63) is 46.9 Å². The van der Waals surface area contributed by atoms with Crippen LogP contribution >= 0.6 is 0 Å². The zero-order chi connectivity index (χ0) is 15.2. The van der Waals surface area contributed by atoms with Gasteiger partial charge in [0, 0.05) is 24.7 Å². The summed E-state index contributed by atoms with van der Waals surface area (Å²) in [5, 5.41) is 1.57. The summed E-state index contributed by atoms with van der Waals surface area (Å²) in [7, 11) is 0. The minimum absolute atomic E-state index is 0.0103. The predicted octanol–water partition coefficient (Wildman–Crippen LogP) is 2.65. The maximum absolute atomic E-state index is 12.4. The number of amides is 1. The molecule has 0 unspecified atom stereocenters. The highest BCUT2D eigenvalue weighted by Gasteiger charge is 2.13. The molecule has 4 nitrogen and oxygen atoms in total. The number of carbonyl (C=O) groups is 1. The van der Waals surface area contributed by atoms with Crippen molar-refractivity contribution in [1.82, 2.24) is 9.47 Å². The number of aromatic nitrogens is 1. The molecular formula is C17H22N2O2. The smallest absolute Gasteiger partial charge is 0.258 e. The van der Waals surface area contributed by atoms with Gasteiger partial charge >= 0.3 is 0 Å². The van der Waals surface area contributed by atoms with Gasteiger partial charge in [-0.25, -0.2) is 0 Å². The molecule has 1 heterocycles. The molecule has 1 amide bonds. The van der Waals surface area contributed by atoms with Crippen LogP contribution in [0, 0.1) is 0 Å². The summed E-state index contributed by atoms with van der Waals surface area (Å²) < 4.78 is 1.50. The molecule has 4 heteroatoms. The van der Waals surface area contributed by atoms with Gasteiger partial charge in [0.2, 0.25) is 5.91 Å². The van der Waals surface area contributed by atoms with Gasteiger partial charge in [-0.2, -0.15) is 0 Å². The van der Waals surface area contributed by atoms with Crippen LogP contribution in [-0.2, 0) is 11.3 Å². The van der Waals surface area contributed by atoms with Gasteiger partial charge in [0.05, 0.1) is 0 Å². The van der Waals surface area contributed by atoms with Crippen LogP contribution in [0.25, 0.3) is 10.8 Å². The first-order valence-electron chi connectivity index (χ1n) is 7.53. The number of pyridine rings is 1. The molecule has 0 spiro atoms. The average molecular weight is 286 g/mol. The zero-order valence-corrected chi connectivity index (χ0v) is 12.7. The van der Waals surface area contributed by atoms with Crippen LogP contribution in [0.1, 0.15) is 26.7 Å². The minimum atomic E-state index is -0.102. The molecule has 0 N–H and O–H groups in total. The maximum Gasteiger partial charge on any atom is 0.258 e.